The first-order valence-electron chi connectivity index (χ1n) is 8.74. The number of hydrogen-bond acceptors (Lipinski definition) is 8. The Kier molecular flexibility index (Phi) is 4.67. The summed E-state index contributed by atoms with van der Waals surface area (Å²) < 4.78 is 7.35. The van der Waals surface area contributed by atoms with E-state index in [0.717, 1.165) is 5.56 Å². The molecule has 1 saturated heterocycles. The maximum absolute atomic E-state index is 12.7. The Morgan fingerprint density at radius 3 is 2.75 bits per heavy atom. The van der Waals surface area contributed by atoms with Crippen LogP contribution in [0, 0.1) is 6.92 Å². The molecule has 4 atom stereocenters. The number of imidazole rings is 1. The van der Waals surface area contributed by atoms with Gasteiger partial charge in [0, 0.05) is 5.56 Å². The molecule has 146 valence electrons. The van der Waals surface area contributed by atoms with Crippen molar-refractivity contribution >= 4 is 22.9 Å². The zero-order chi connectivity index (χ0) is 19.8. The molecule has 3 aromatic rings. The van der Waals surface area contributed by atoms with E-state index in [1.54, 1.807) is 16.7 Å². The summed E-state index contributed by atoms with van der Waals surface area (Å²) in [6.07, 6.45) is -0.0745. The molecule has 0 saturated carbocycles. The van der Waals surface area contributed by atoms with Crippen molar-refractivity contribution in [2.45, 2.75) is 31.4 Å². The number of aryl methyl sites for hydroxylation is 1. The number of nitrogen functional groups attached to an aromatic ring is 1. The van der Waals surface area contributed by atoms with E-state index in [9.17, 15) is 15.0 Å². The molecule has 5 N–H and O–H groups in total. The third kappa shape index (κ3) is 3.07. The summed E-state index contributed by atoms with van der Waals surface area (Å²) in [4.78, 5) is 24.9. The van der Waals surface area contributed by atoms with E-state index in [1.165, 1.54) is 12.7 Å². The van der Waals surface area contributed by atoms with E-state index < -0.39 is 31.1 Å². The van der Waals surface area contributed by atoms with Crippen LogP contribution in [-0.2, 0) is 4.74 Å². The number of carbonyl (C=O) groups is 1. The molecule has 10 nitrogen and oxygen atoms in total. The Morgan fingerprint density at radius 2 is 2.04 bits per heavy atom. The predicted molar refractivity (Wildman–Crippen MR) is 99.2 cm³/mol. The smallest absolute Gasteiger partial charge is 0.251 e. The normalized spacial score (nSPS) is 24.5. The number of aromatic nitrogens is 4. The lowest BCUT2D eigenvalue weighted by molar-refractivity contribution is -0.0440. The molecule has 0 unspecified atom stereocenters. The molecule has 0 aliphatic carbocycles. The largest absolute Gasteiger partial charge is 0.394 e. The molecule has 0 spiro atoms. The van der Waals surface area contributed by atoms with Crippen molar-refractivity contribution in [3.05, 3.63) is 48.0 Å². The van der Waals surface area contributed by atoms with E-state index in [0.29, 0.717) is 16.7 Å². The topological polar surface area (TPSA) is 148 Å². The zero-order valence-corrected chi connectivity index (χ0v) is 15.1. The molecule has 2 aromatic heterocycles. The number of nitrogens with zero attached hydrogens (tertiary/aromatic N) is 4. The molecule has 28 heavy (non-hydrogen) atoms. The molecule has 1 aliphatic rings. The van der Waals surface area contributed by atoms with Gasteiger partial charge in [-0.2, -0.15) is 0 Å². The number of nitrogens with one attached hydrogen (secondary N) is 1. The fraction of sp³-hybridized carbons (Fsp3) is 0.333. The standard InChI is InChI=1S/C18H20N6O4/c1-9-2-4-10(5-3-9)17(27)23-12-14(26)11(6-25)28-18(12)24-8-22-13-15(19)20-7-21-16(13)24/h2-5,7-8,11-12,14,18,25-26H,6H2,1H3,(H,23,27)(H2,19,20,21)/t11-,12-,14-,18-/m1/s1. The van der Waals surface area contributed by atoms with Crippen LogP contribution in [-0.4, -0.2) is 60.5 Å². The average Bonchev–Trinajstić information content (AvgIpc) is 3.25. The zero-order valence-electron chi connectivity index (χ0n) is 15.1. The fourth-order valence-electron chi connectivity index (χ4n) is 3.29. The van der Waals surface area contributed by atoms with Crippen molar-refractivity contribution in [1.29, 1.82) is 0 Å². The van der Waals surface area contributed by atoms with Gasteiger partial charge >= 0.3 is 0 Å². The van der Waals surface area contributed by atoms with Gasteiger partial charge in [-0.05, 0) is 19.1 Å². The summed E-state index contributed by atoms with van der Waals surface area (Å²) in [5.41, 5.74) is 8.09. The van der Waals surface area contributed by atoms with Crippen molar-refractivity contribution < 1.29 is 19.7 Å². The van der Waals surface area contributed by atoms with E-state index >= 15 is 0 Å². The molecule has 0 radical (unpaired) electrons. The highest BCUT2D eigenvalue weighted by Crippen LogP contribution is 2.32. The van der Waals surface area contributed by atoms with E-state index in [1.807, 2.05) is 19.1 Å². The van der Waals surface area contributed by atoms with Gasteiger partial charge in [-0.1, -0.05) is 17.7 Å². The van der Waals surface area contributed by atoms with Crippen molar-refractivity contribution in [3.63, 3.8) is 0 Å². The van der Waals surface area contributed by atoms with Gasteiger partial charge in [0.1, 0.15) is 30.1 Å². The van der Waals surface area contributed by atoms with Crippen LogP contribution in [0.25, 0.3) is 11.2 Å². The summed E-state index contributed by atoms with van der Waals surface area (Å²) in [5, 5.41) is 22.9. The minimum atomic E-state index is -1.12. The average molecular weight is 384 g/mol. The summed E-state index contributed by atoms with van der Waals surface area (Å²) in [6.45, 7) is 1.52. The molecule has 0 bridgehead atoms. The number of aliphatic hydroxyl groups is 2. The minimum absolute atomic E-state index is 0.209. The van der Waals surface area contributed by atoms with Crippen LogP contribution in [0.3, 0.4) is 0 Å². The number of anilines is 1. The molecule has 1 amide bonds. The first kappa shape index (κ1) is 18.3. The number of ether oxygens (including phenoxy) is 1. The predicted octanol–water partition coefficient (Wildman–Crippen LogP) is -0.234. The van der Waals surface area contributed by atoms with Crippen LogP contribution in [0.4, 0.5) is 5.82 Å². The quantitative estimate of drug-likeness (QED) is 0.482. The number of carbonyl (C=O) groups excluding carboxylic acids is 1. The van der Waals surface area contributed by atoms with E-state index in [4.69, 9.17) is 10.5 Å². The Morgan fingerprint density at radius 1 is 1.29 bits per heavy atom. The number of amides is 1. The van der Waals surface area contributed by atoms with Gasteiger partial charge < -0.3 is 26.0 Å². The number of fused-ring (bicyclic) bond motifs is 1. The van der Waals surface area contributed by atoms with Gasteiger partial charge in [0.15, 0.2) is 17.7 Å². The summed E-state index contributed by atoms with van der Waals surface area (Å²) in [5.74, 6) is -0.156. The Bertz CT molecular complexity index is 1000. The molecule has 3 heterocycles. The second-order valence-corrected chi connectivity index (χ2v) is 6.69. The van der Waals surface area contributed by atoms with Crippen LogP contribution in [0.5, 0.6) is 0 Å². The van der Waals surface area contributed by atoms with E-state index in [-0.39, 0.29) is 11.7 Å². The van der Waals surface area contributed by atoms with E-state index in [2.05, 4.69) is 20.3 Å². The molecule has 1 aromatic carbocycles. The lowest BCUT2D eigenvalue weighted by atomic mass is 10.1. The van der Waals surface area contributed by atoms with Gasteiger partial charge in [-0.3, -0.25) is 9.36 Å². The first-order valence-corrected chi connectivity index (χ1v) is 8.74. The Balaban J connectivity index is 1.67. The highest BCUT2D eigenvalue weighted by Gasteiger charge is 2.45. The van der Waals surface area contributed by atoms with Crippen LogP contribution < -0.4 is 11.1 Å². The third-order valence-corrected chi connectivity index (χ3v) is 4.82. The summed E-state index contributed by atoms with van der Waals surface area (Å²) in [6, 6.07) is 6.22. The number of benzene rings is 1. The maximum Gasteiger partial charge on any atom is 0.251 e. The van der Waals surface area contributed by atoms with Gasteiger partial charge in [-0.25, -0.2) is 15.0 Å². The van der Waals surface area contributed by atoms with Gasteiger partial charge in [0.2, 0.25) is 0 Å². The van der Waals surface area contributed by atoms with Crippen LogP contribution >= 0.6 is 0 Å². The van der Waals surface area contributed by atoms with Crippen LogP contribution in [0.2, 0.25) is 0 Å². The lowest BCUT2D eigenvalue weighted by Gasteiger charge is -2.23. The van der Waals surface area contributed by atoms with Crippen molar-refractivity contribution in [3.8, 4) is 0 Å². The number of rotatable bonds is 4. The monoisotopic (exact) mass is 384 g/mol. The highest BCUT2D eigenvalue weighted by molar-refractivity contribution is 5.94. The molecular formula is C18H20N6O4. The SMILES string of the molecule is Cc1ccc(C(=O)N[C@@H]2[C@H](O)[C@@H](CO)O[C@H]2n2cnc3c(N)ncnc32)cc1. The molecule has 1 aliphatic heterocycles. The summed E-state index contributed by atoms with van der Waals surface area (Å²) >= 11 is 0. The van der Waals surface area contributed by atoms with Crippen molar-refractivity contribution in [2.75, 3.05) is 12.3 Å². The number of nitrogens with two attached hydrogens (primary N) is 1. The third-order valence-electron chi connectivity index (χ3n) is 4.82. The number of hydrogen-bond donors (Lipinski definition) is 4. The second kappa shape index (κ2) is 7.15. The van der Waals surface area contributed by atoms with Gasteiger partial charge in [0.05, 0.1) is 12.9 Å². The minimum Gasteiger partial charge on any atom is -0.394 e. The van der Waals surface area contributed by atoms with Gasteiger partial charge in [-0.15, -0.1) is 0 Å². The first-order chi connectivity index (χ1) is 13.5. The van der Waals surface area contributed by atoms with Gasteiger partial charge in [0.25, 0.3) is 5.91 Å². The fourth-order valence-corrected chi connectivity index (χ4v) is 3.29. The molecule has 4 rings (SSSR count). The van der Waals surface area contributed by atoms with Crippen LogP contribution in [0.1, 0.15) is 22.1 Å². The number of aliphatic hydroxyl groups excluding tert-OH is 2. The molecule has 1 fully saturated rings. The second-order valence-electron chi connectivity index (χ2n) is 6.69. The van der Waals surface area contributed by atoms with Crippen molar-refractivity contribution in [1.82, 2.24) is 24.8 Å². The summed E-state index contributed by atoms with van der Waals surface area (Å²) in [7, 11) is 0. The highest BCUT2D eigenvalue weighted by atomic mass is 16.5. The maximum atomic E-state index is 12.7. The Hall–Kier alpha value is -3.08. The van der Waals surface area contributed by atoms with Crippen LogP contribution in [0.15, 0.2) is 36.9 Å². The van der Waals surface area contributed by atoms with Crippen molar-refractivity contribution in [2.24, 2.45) is 0 Å². The molecular weight excluding hydrogens is 364 g/mol. The molecule has 10 heteroatoms. The Labute approximate surface area is 160 Å². The lowest BCUT2D eigenvalue weighted by Crippen LogP contribution is -2.46.